The zero-order chi connectivity index (χ0) is 18.4. The van der Waals surface area contributed by atoms with Crippen molar-refractivity contribution in [3.05, 3.63) is 51.5 Å². The van der Waals surface area contributed by atoms with Crippen molar-refractivity contribution in [1.82, 2.24) is 0 Å². The van der Waals surface area contributed by atoms with E-state index in [2.05, 4.69) is 10.6 Å². The van der Waals surface area contributed by atoms with Gasteiger partial charge in [-0.3, -0.25) is 14.9 Å². The number of methoxy groups -OCH3 is 2. The Morgan fingerprint density at radius 1 is 1.16 bits per heavy atom. The zero-order valence-electron chi connectivity index (χ0n) is 13.5. The lowest BCUT2D eigenvalue weighted by molar-refractivity contribution is -0.384. The third-order valence-electron chi connectivity index (χ3n) is 3.27. The van der Waals surface area contributed by atoms with Gasteiger partial charge in [-0.05, 0) is 24.3 Å². The molecule has 0 aliphatic heterocycles. The van der Waals surface area contributed by atoms with Crippen LogP contribution in [0.15, 0.2) is 36.4 Å². The molecular weight excluding hydrogens is 350 g/mol. The normalized spacial score (nSPS) is 10.0. The first-order valence-corrected chi connectivity index (χ1v) is 7.52. The van der Waals surface area contributed by atoms with Crippen LogP contribution in [0.4, 0.5) is 17.1 Å². The number of carbonyl (C=O) groups excluding carboxylic acids is 1. The molecule has 2 rings (SSSR count). The third-order valence-corrected chi connectivity index (χ3v) is 3.57. The summed E-state index contributed by atoms with van der Waals surface area (Å²) in [5, 5.41) is 16.7. The first-order chi connectivity index (χ1) is 11.9. The molecule has 2 aromatic carbocycles. The lowest BCUT2D eigenvalue weighted by atomic mass is 10.2. The van der Waals surface area contributed by atoms with E-state index in [0.717, 1.165) is 0 Å². The fraction of sp³-hybridized carbons (Fsp3) is 0.188. The lowest BCUT2D eigenvalue weighted by Crippen LogP contribution is -2.22. The van der Waals surface area contributed by atoms with Crippen LogP contribution in [-0.4, -0.2) is 31.6 Å². The van der Waals surface area contributed by atoms with E-state index < -0.39 is 4.92 Å². The van der Waals surface area contributed by atoms with Gasteiger partial charge in [0.05, 0.1) is 42.5 Å². The number of rotatable bonds is 7. The van der Waals surface area contributed by atoms with Gasteiger partial charge < -0.3 is 20.1 Å². The largest absolute Gasteiger partial charge is 0.495 e. The van der Waals surface area contributed by atoms with E-state index in [0.29, 0.717) is 22.1 Å². The van der Waals surface area contributed by atoms with Gasteiger partial charge in [-0.25, -0.2) is 0 Å². The minimum absolute atomic E-state index is 0.0250. The van der Waals surface area contributed by atoms with Crippen molar-refractivity contribution >= 4 is 34.6 Å². The second-order valence-corrected chi connectivity index (χ2v) is 5.30. The number of nitro benzene ring substituents is 1. The molecule has 0 atom stereocenters. The maximum Gasteiger partial charge on any atom is 0.273 e. The number of carbonyl (C=O) groups is 1. The van der Waals surface area contributed by atoms with Crippen LogP contribution in [0.25, 0.3) is 0 Å². The highest BCUT2D eigenvalue weighted by molar-refractivity contribution is 6.32. The van der Waals surface area contributed by atoms with Crippen molar-refractivity contribution < 1.29 is 19.2 Å². The van der Waals surface area contributed by atoms with Crippen LogP contribution >= 0.6 is 11.6 Å². The Hall–Kier alpha value is -3.00. The van der Waals surface area contributed by atoms with Gasteiger partial charge in [-0.15, -0.1) is 0 Å². The van der Waals surface area contributed by atoms with Crippen molar-refractivity contribution in [2.24, 2.45) is 0 Å². The van der Waals surface area contributed by atoms with Gasteiger partial charge in [0.1, 0.15) is 11.5 Å². The molecular formula is C16H16ClN3O5. The second-order valence-electron chi connectivity index (χ2n) is 4.89. The number of nitrogens with zero attached hydrogens (tertiary/aromatic N) is 1. The van der Waals surface area contributed by atoms with Gasteiger partial charge in [0.25, 0.3) is 5.69 Å². The molecule has 0 bridgehead atoms. The van der Waals surface area contributed by atoms with Gasteiger partial charge in [0, 0.05) is 11.8 Å². The molecule has 0 unspecified atom stereocenters. The topological polar surface area (TPSA) is 103 Å². The van der Waals surface area contributed by atoms with Gasteiger partial charge >= 0.3 is 0 Å². The third kappa shape index (κ3) is 4.74. The van der Waals surface area contributed by atoms with Gasteiger partial charge in [0.15, 0.2) is 0 Å². The summed E-state index contributed by atoms with van der Waals surface area (Å²) in [6, 6.07) is 8.99. The van der Waals surface area contributed by atoms with Crippen LogP contribution in [0, 0.1) is 10.1 Å². The molecule has 132 valence electrons. The maximum atomic E-state index is 12.1. The standard InChI is InChI=1S/C16H16ClN3O5/c1-24-14-6-3-10(7-12(14)17)18-9-16(21)19-13-5-4-11(20(22)23)8-15(13)25-2/h3-8,18H,9H2,1-2H3,(H,19,21). The molecule has 0 aromatic heterocycles. The van der Waals surface area contributed by atoms with Crippen LogP contribution in [0.1, 0.15) is 0 Å². The number of hydrogen-bond donors (Lipinski definition) is 2. The summed E-state index contributed by atoms with van der Waals surface area (Å²) in [6.07, 6.45) is 0. The minimum Gasteiger partial charge on any atom is -0.495 e. The van der Waals surface area contributed by atoms with Crippen molar-refractivity contribution in [3.8, 4) is 11.5 Å². The van der Waals surface area contributed by atoms with Crippen molar-refractivity contribution in [2.45, 2.75) is 0 Å². The molecule has 1 amide bonds. The minimum atomic E-state index is -0.539. The number of amides is 1. The average Bonchev–Trinajstić information content (AvgIpc) is 2.60. The van der Waals surface area contributed by atoms with Crippen LogP contribution in [0.3, 0.4) is 0 Å². The molecule has 0 saturated heterocycles. The second kappa shape index (κ2) is 8.20. The van der Waals surface area contributed by atoms with Gasteiger partial charge in [0.2, 0.25) is 5.91 Å². The van der Waals surface area contributed by atoms with Crippen molar-refractivity contribution in [3.63, 3.8) is 0 Å². The summed E-state index contributed by atoms with van der Waals surface area (Å²) < 4.78 is 10.1. The van der Waals surface area contributed by atoms with Crippen LogP contribution < -0.4 is 20.1 Å². The highest BCUT2D eigenvalue weighted by Crippen LogP contribution is 2.29. The first-order valence-electron chi connectivity index (χ1n) is 7.14. The smallest absolute Gasteiger partial charge is 0.273 e. The molecule has 0 aliphatic carbocycles. The number of non-ortho nitro benzene ring substituents is 1. The molecule has 0 aliphatic rings. The van der Waals surface area contributed by atoms with Gasteiger partial charge in [-0.2, -0.15) is 0 Å². The van der Waals surface area contributed by atoms with Crippen LogP contribution in [0.5, 0.6) is 11.5 Å². The predicted octanol–water partition coefficient (Wildman–Crippen LogP) is 3.32. The first kappa shape index (κ1) is 18.3. The van der Waals surface area contributed by atoms with E-state index in [1.807, 2.05) is 0 Å². The monoisotopic (exact) mass is 365 g/mol. The predicted molar refractivity (Wildman–Crippen MR) is 94.8 cm³/mol. The van der Waals surface area contributed by atoms with E-state index in [1.54, 1.807) is 18.2 Å². The van der Waals surface area contributed by atoms with Crippen LogP contribution in [0.2, 0.25) is 5.02 Å². The van der Waals surface area contributed by atoms with Gasteiger partial charge in [-0.1, -0.05) is 11.6 Å². The maximum absolute atomic E-state index is 12.1. The van der Waals surface area contributed by atoms with E-state index in [1.165, 1.54) is 32.4 Å². The average molecular weight is 366 g/mol. The highest BCUT2D eigenvalue weighted by atomic mass is 35.5. The molecule has 0 spiro atoms. The summed E-state index contributed by atoms with van der Waals surface area (Å²) in [6.45, 7) is -0.0250. The summed E-state index contributed by atoms with van der Waals surface area (Å²) in [4.78, 5) is 22.3. The number of nitrogens with one attached hydrogen (secondary N) is 2. The molecule has 0 heterocycles. The molecule has 0 radical (unpaired) electrons. The number of nitro groups is 1. The number of ether oxygens (including phenoxy) is 2. The quantitative estimate of drug-likeness (QED) is 0.576. The molecule has 2 aromatic rings. The number of anilines is 2. The fourth-order valence-corrected chi connectivity index (χ4v) is 2.31. The Morgan fingerprint density at radius 3 is 2.48 bits per heavy atom. The Balaban J connectivity index is 2.00. The molecule has 25 heavy (non-hydrogen) atoms. The Morgan fingerprint density at radius 2 is 1.88 bits per heavy atom. The van der Waals surface area contributed by atoms with Crippen LogP contribution in [-0.2, 0) is 4.79 Å². The summed E-state index contributed by atoms with van der Waals surface area (Å²) in [7, 11) is 2.88. The van der Waals surface area contributed by atoms with E-state index in [4.69, 9.17) is 21.1 Å². The lowest BCUT2D eigenvalue weighted by Gasteiger charge is -2.11. The zero-order valence-corrected chi connectivity index (χ0v) is 14.3. The van der Waals surface area contributed by atoms with Crippen molar-refractivity contribution in [2.75, 3.05) is 31.4 Å². The van der Waals surface area contributed by atoms with E-state index in [9.17, 15) is 14.9 Å². The molecule has 8 nitrogen and oxygen atoms in total. The summed E-state index contributed by atoms with van der Waals surface area (Å²) in [5.74, 6) is 0.390. The summed E-state index contributed by atoms with van der Waals surface area (Å²) >= 11 is 6.02. The molecule has 9 heteroatoms. The molecule has 0 fully saturated rings. The number of hydrogen-bond acceptors (Lipinski definition) is 6. The highest BCUT2D eigenvalue weighted by Gasteiger charge is 2.13. The van der Waals surface area contributed by atoms with Crippen molar-refractivity contribution in [1.29, 1.82) is 0 Å². The Bertz CT molecular complexity index is 797. The molecule has 2 N–H and O–H groups in total. The summed E-state index contributed by atoms with van der Waals surface area (Å²) in [5.41, 5.74) is 0.866. The number of benzene rings is 2. The number of halogens is 1. The van der Waals surface area contributed by atoms with E-state index in [-0.39, 0.29) is 23.9 Å². The Kier molecular flexibility index (Phi) is 6.02. The SMILES string of the molecule is COc1ccc(NCC(=O)Nc2ccc([N+](=O)[O-])cc2OC)cc1Cl. The fourth-order valence-electron chi connectivity index (χ4n) is 2.05. The molecule has 0 saturated carbocycles. The van der Waals surface area contributed by atoms with E-state index >= 15 is 0 Å². The Labute approximate surface area is 148 Å².